The zero-order valence-corrected chi connectivity index (χ0v) is 15.7. The summed E-state index contributed by atoms with van der Waals surface area (Å²) in [4.78, 5) is 29.6. The van der Waals surface area contributed by atoms with E-state index in [0.29, 0.717) is 21.2 Å². The van der Waals surface area contributed by atoms with Crippen molar-refractivity contribution in [3.63, 3.8) is 0 Å². The number of anilines is 2. The first-order valence-electron chi connectivity index (χ1n) is 7.74. The van der Waals surface area contributed by atoms with Crippen LogP contribution in [0.4, 0.5) is 11.4 Å². The van der Waals surface area contributed by atoms with E-state index in [1.54, 1.807) is 24.3 Å². The normalized spacial score (nSPS) is 10.7. The molecule has 3 aromatic rings. The SMILES string of the molecule is Cc1cc(C)c2c(N)c(C(=O)OCC(=O)Nc3cccc(Cl)c3)sc2n1. The highest BCUT2D eigenvalue weighted by Gasteiger charge is 2.21. The highest BCUT2D eigenvalue weighted by molar-refractivity contribution is 7.21. The van der Waals surface area contributed by atoms with Crippen molar-refractivity contribution in [2.24, 2.45) is 0 Å². The zero-order valence-electron chi connectivity index (χ0n) is 14.1. The molecule has 0 aliphatic heterocycles. The fourth-order valence-electron chi connectivity index (χ4n) is 2.58. The van der Waals surface area contributed by atoms with Crippen molar-refractivity contribution in [1.29, 1.82) is 0 Å². The topological polar surface area (TPSA) is 94.3 Å². The number of nitrogen functional groups attached to an aromatic ring is 1. The maximum atomic E-state index is 12.3. The van der Waals surface area contributed by atoms with Crippen molar-refractivity contribution in [3.8, 4) is 0 Å². The second-order valence-electron chi connectivity index (χ2n) is 5.74. The van der Waals surface area contributed by atoms with Gasteiger partial charge in [0.15, 0.2) is 6.61 Å². The lowest BCUT2D eigenvalue weighted by Gasteiger charge is -2.06. The Hall–Kier alpha value is -2.64. The number of nitrogens with two attached hydrogens (primary N) is 1. The Balaban J connectivity index is 1.70. The summed E-state index contributed by atoms with van der Waals surface area (Å²) in [6.45, 7) is 3.36. The zero-order chi connectivity index (χ0) is 18.8. The molecule has 1 aromatic carbocycles. The standard InChI is InChI=1S/C18H16ClN3O3S/c1-9-6-10(2)21-17-14(9)15(20)16(26-17)18(24)25-8-13(23)22-12-5-3-4-11(19)7-12/h3-7H,8,20H2,1-2H3,(H,22,23). The van der Waals surface area contributed by atoms with Crippen molar-refractivity contribution in [2.45, 2.75) is 13.8 Å². The van der Waals surface area contributed by atoms with Gasteiger partial charge in [-0.3, -0.25) is 4.79 Å². The molecule has 0 radical (unpaired) electrons. The highest BCUT2D eigenvalue weighted by Crippen LogP contribution is 2.35. The number of carbonyl (C=O) groups is 2. The van der Waals surface area contributed by atoms with Gasteiger partial charge in [0.1, 0.15) is 9.71 Å². The molecule has 0 aliphatic carbocycles. The number of rotatable bonds is 4. The van der Waals surface area contributed by atoms with E-state index in [1.807, 2.05) is 19.9 Å². The summed E-state index contributed by atoms with van der Waals surface area (Å²) in [5.41, 5.74) is 8.73. The van der Waals surface area contributed by atoms with Gasteiger partial charge in [-0.15, -0.1) is 11.3 Å². The predicted octanol–water partition coefficient (Wildman–Crippen LogP) is 3.94. The number of amides is 1. The number of aryl methyl sites for hydroxylation is 2. The highest BCUT2D eigenvalue weighted by atomic mass is 35.5. The molecule has 0 aliphatic rings. The van der Waals surface area contributed by atoms with Crippen LogP contribution < -0.4 is 11.1 Å². The molecule has 1 amide bonds. The fraction of sp³-hybridized carbons (Fsp3) is 0.167. The van der Waals surface area contributed by atoms with E-state index in [0.717, 1.165) is 28.0 Å². The first kappa shape index (κ1) is 18.2. The fourth-order valence-corrected chi connectivity index (χ4v) is 3.88. The number of hydrogen-bond donors (Lipinski definition) is 2. The number of esters is 1. The Morgan fingerprint density at radius 2 is 2.08 bits per heavy atom. The van der Waals surface area contributed by atoms with Crippen molar-refractivity contribution in [2.75, 3.05) is 17.7 Å². The maximum Gasteiger partial charge on any atom is 0.351 e. The van der Waals surface area contributed by atoms with Crippen LogP contribution in [0.5, 0.6) is 0 Å². The number of nitrogens with one attached hydrogen (secondary N) is 1. The number of halogens is 1. The number of aromatic nitrogens is 1. The van der Waals surface area contributed by atoms with E-state index in [1.165, 1.54) is 0 Å². The number of nitrogens with zero attached hydrogens (tertiary/aromatic N) is 1. The molecular weight excluding hydrogens is 374 g/mol. The summed E-state index contributed by atoms with van der Waals surface area (Å²) >= 11 is 7.02. The van der Waals surface area contributed by atoms with Crippen LogP contribution in [0, 0.1) is 13.8 Å². The lowest BCUT2D eigenvalue weighted by molar-refractivity contribution is -0.119. The molecule has 0 saturated heterocycles. The summed E-state index contributed by atoms with van der Waals surface area (Å²) in [6, 6.07) is 8.59. The molecule has 6 nitrogen and oxygen atoms in total. The lowest BCUT2D eigenvalue weighted by Crippen LogP contribution is -2.20. The van der Waals surface area contributed by atoms with E-state index in [-0.39, 0.29) is 4.88 Å². The van der Waals surface area contributed by atoms with Crippen molar-refractivity contribution in [3.05, 3.63) is 51.5 Å². The molecule has 0 bridgehead atoms. The van der Waals surface area contributed by atoms with Crippen molar-refractivity contribution in [1.82, 2.24) is 4.98 Å². The van der Waals surface area contributed by atoms with Gasteiger partial charge in [-0.05, 0) is 43.7 Å². The van der Waals surface area contributed by atoms with Gasteiger partial charge in [-0.25, -0.2) is 9.78 Å². The van der Waals surface area contributed by atoms with Gasteiger partial charge in [0.2, 0.25) is 0 Å². The van der Waals surface area contributed by atoms with Crippen LogP contribution in [0.1, 0.15) is 20.9 Å². The molecule has 0 saturated carbocycles. The van der Waals surface area contributed by atoms with Gasteiger partial charge >= 0.3 is 5.97 Å². The summed E-state index contributed by atoms with van der Waals surface area (Å²) in [5.74, 6) is -1.12. The molecule has 2 aromatic heterocycles. The van der Waals surface area contributed by atoms with Crippen LogP contribution >= 0.6 is 22.9 Å². The molecule has 3 rings (SSSR count). The maximum absolute atomic E-state index is 12.3. The average Bonchev–Trinajstić information content (AvgIpc) is 2.89. The number of benzene rings is 1. The Kier molecular flexibility index (Phi) is 5.11. The van der Waals surface area contributed by atoms with Crippen LogP contribution in [-0.4, -0.2) is 23.5 Å². The molecule has 0 unspecified atom stereocenters. The van der Waals surface area contributed by atoms with Gasteiger partial charge in [0.05, 0.1) is 5.69 Å². The molecule has 0 fully saturated rings. The van der Waals surface area contributed by atoms with Crippen LogP contribution in [0.15, 0.2) is 30.3 Å². The number of ether oxygens (including phenoxy) is 1. The Labute approximate surface area is 158 Å². The van der Waals surface area contributed by atoms with Crippen molar-refractivity contribution < 1.29 is 14.3 Å². The minimum absolute atomic E-state index is 0.247. The van der Waals surface area contributed by atoms with Gasteiger partial charge in [-0.1, -0.05) is 17.7 Å². The number of pyridine rings is 1. The van der Waals surface area contributed by atoms with Gasteiger partial charge < -0.3 is 15.8 Å². The van der Waals surface area contributed by atoms with Gasteiger partial charge in [0.25, 0.3) is 5.91 Å². The first-order valence-corrected chi connectivity index (χ1v) is 8.93. The summed E-state index contributed by atoms with van der Waals surface area (Å²) in [6.07, 6.45) is 0. The predicted molar refractivity (Wildman–Crippen MR) is 104 cm³/mol. The Morgan fingerprint density at radius 3 is 2.81 bits per heavy atom. The van der Waals surface area contributed by atoms with Crippen LogP contribution in [0.3, 0.4) is 0 Å². The molecule has 0 spiro atoms. The number of thiophene rings is 1. The van der Waals surface area contributed by atoms with E-state index in [9.17, 15) is 9.59 Å². The lowest BCUT2D eigenvalue weighted by atomic mass is 10.1. The Bertz CT molecular complexity index is 1020. The Morgan fingerprint density at radius 1 is 1.31 bits per heavy atom. The number of carbonyl (C=O) groups excluding carboxylic acids is 2. The van der Waals surface area contributed by atoms with Crippen LogP contribution in [0.25, 0.3) is 10.2 Å². The quantitative estimate of drug-likeness (QED) is 0.659. The largest absolute Gasteiger partial charge is 0.451 e. The summed E-state index contributed by atoms with van der Waals surface area (Å²) in [5, 5.41) is 3.85. The molecule has 0 atom stereocenters. The van der Waals surface area contributed by atoms with Gasteiger partial charge in [0, 0.05) is 21.8 Å². The third-order valence-electron chi connectivity index (χ3n) is 3.65. The minimum atomic E-state index is -0.649. The average molecular weight is 390 g/mol. The van der Waals surface area contributed by atoms with Crippen LogP contribution in [-0.2, 0) is 9.53 Å². The number of fused-ring (bicyclic) bond motifs is 1. The molecule has 2 heterocycles. The molecule has 3 N–H and O–H groups in total. The second-order valence-corrected chi connectivity index (χ2v) is 7.18. The minimum Gasteiger partial charge on any atom is -0.451 e. The van der Waals surface area contributed by atoms with E-state index in [4.69, 9.17) is 22.1 Å². The molecule has 8 heteroatoms. The van der Waals surface area contributed by atoms with Crippen LogP contribution in [0.2, 0.25) is 5.02 Å². The third-order valence-corrected chi connectivity index (χ3v) is 4.97. The molecular formula is C18H16ClN3O3S. The number of hydrogen-bond acceptors (Lipinski definition) is 6. The van der Waals surface area contributed by atoms with Gasteiger partial charge in [-0.2, -0.15) is 0 Å². The smallest absolute Gasteiger partial charge is 0.351 e. The summed E-state index contributed by atoms with van der Waals surface area (Å²) in [7, 11) is 0. The molecule has 134 valence electrons. The van der Waals surface area contributed by atoms with Crippen molar-refractivity contribution >= 4 is 56.4 Å². The molecule has 26 heavy (non-hydrogen) atoms. The monoisotopic (exact) mass is 389 g/mol. The van der Waals surface area contributed by atoms with E-state index < -0.39 is 18.5 Å². The van der Waals surface area contributed by atoms with E-state index >= 15 is 0 Å². The first-order chi connectivity index (χ1) is 12.3. The summed E-state index contributed by atoms with van der Waals surface area (Å²) < 4.78 is 5.09. The third kappa shape index (κ3) is 3.79. The van der Waals surface area contributed by atoms with E-state index in [2.05, 4.69) is 10.3 Å². The second kappa shape index (κ2) is 7.31.